The molecule has 0 aromatic rings. The molecule has 0 saturated heterocycles. The molecule has 0 spiro atoms. The maximum atomic E-state index is 10.9. The number of hydrogen-bond acceptors (Lipinski definition) is 6. The lowest BCUT2D eigenvalue weighted by Crippen LogP contribution is -1.96. The monoisotopic (exact) mass is 576 g/mol. The molecule has 0 saturated carbocycles. The second-order valence-corrected chi connectivity index (χ2v) is 12.0. The summed E-state index contributed by atoms with van der Waals surface area (Å²) in [5, 5.41) is 0. The van der Waals surface area contributed by atoms with Crippen LogP contribution >= 0.6 is 24.1 Å². The van der Waals surface area contributed by atoms with Gasteiger partial charge in [-0.25, -0.2) is 0 Å². The summed E-state index contributed by atoms with van der Waals surface area (Å²) in [6.45, 7) is 8.18. The molecule has 0 amide bonds. The van der Waals surface area contributed by atoms with Gasteiger partial charge in [0.05, 0.1) is 24.1 Å². The maximum absolute atomic E-state index is 10.9. The third-order valence-corrected chi connectivity index (χ3v) is 8.06. The fourth-order valence-electron chi connectivity index (χ4n) is 3.98. The summed E-state index contributed by atoms with van der Waals surface area (Å²) in [6.07, 6.45) is 30.8. The van der Waals surface area contributed by atoms with Gasteiger partial charge in [-0.05, 0) is 12.8 Å². The molecule has 0 fully saturated rings. The van der Waals surface area contributed by atoms with Crippen LogP contribution in [0.4, 0.5) is 0 Å². The molecule has 0 unspecified atom stereocenters. The zero-order chi connectivity index (χ0) is 28.4. The van der Waals surface area contributed by atoms with E-state index < -0.39 is 0 Å². The Bertz CT molecular complexity index is 432. The highest BCUT2D eigenvalue weighted by molar-refractivity contribution is 7.95. The van der Waals surface area contributed by atoms with Gasteiger partial charge in [0.1, 0.15) is 0 Å². The molecule has 0 atom stereocenters. The first kappa shape index (κ1) is 39.8. The lowest BCUT2D eigenvalue weighted by atomic mass is 10.1. The van der Waals surface area contributed by atoms with E-state index in [1.807, 2.05) is 13.8 Å². The molecule has 0 aliphatic rings. The van der Waals surface area contributed by atoms with Gasteiger partial charge in [0.25, 0.3) is 0 Å². The number of carbonyl (C=O) groups excluding carboxylic acids is 2. The van der Waals surface area contributed by atoms with Gasteiger partial charge in [0, 0.05) is 24.3 Å². The van der Waals surface area contributed by atoms with Crippen LogP contribution in [-0.2, 0) is 18.0 Å². The Labute approximate surface area is 246 Å². The molecule has 228 valence electrons. The molecule has 0 heterocycles. The van der Waals surface area contributed by atoms with E-state index in [4.69, 9.17) is 8.37 Å². The van der Waals surface area contributed by atoms with Gasteiger partial charge in [-0.3, -0.25) is 9.59 Å². The first-order valence-corrected chi connectivity index (χ1v) is 18.1. The summed E-state index contributed by atoms with van der Waals surface area (Å²) >= 11 is 2.63. The Morgan fingerprint density at radius 2 is 0.632 bits per heavy atom. The maximum Gasteiger partial charge on any atom is 0.317 e. The van der Waals surface area contributed by atoms with Crippen molar-refractivity contribution in [3.8, 4) is 0 Å². The van der Waals surface area contributed by atoms with Crippen LogP contribution in [0.5, 0.6) is 0 Å². The standard InChI is InChI=1S/2C16H32O2S/c2*1-3-5-6-7-8-9-10-11-12-13-14-15-19-18-16(17)4-2/h2*3-15H2,1-2H3. The van der Waals surface area contributed by atoms with Crippen molar-refractivity contribution >= 4 is 36.0 Å². The van der Waals surface area contributed by atoms with Crippen LogP contribution in [0.1, 0.15) is 182 Å². The molecule has 0 rings (SSSR count). The van der Waals surface area contributed by atoms with E-state index in [0.29, 0.717) is 12.8 Å². The van der Waals surface area contributed by atoms with Crippen molar-refractivity contribution in [2.24, 2.45) is 0 Å². The Morgan fingerprint density at radius 1 is 0.395 bits per heavy atom. The molecule has 0 aliphatic carbocycles. The van der Waals surface area contributed by atoms with E-state index in [0.717, 1.165) is 24.3 Å². The third kappa shape index (κ3) is 37.8. The van der Waals surface area contributed by atoms with E-state index in [1.165, 1.54) is 153 Å². The average molecular weight is 577 g/mol. The second kappa shape index (κ2) is 36.6. The average Bonchev–Trinajstić information content (AvgIpc) is 2.93. The molecule has 4 nitrogen and oxygen atoms in total. The molecule has 6 heteroatoms. The van der Waals surface area contributed by atoms with E-state index in [-0.39, 0.29) is 11.9 Å². The third-order valence-electron chi connectivity index (χ3n) is 6.54. The summed E-state index contributed by atoms with van der Waals surface area (Å²) in [4.78, 5) is 21.7. The fourth-order valence-corrected chi connectivity index (χ4v) is 5.29. The molecule has 0 aromatic carbocycles. The molecule has 0 aromatic heterocycles. The quantitative estimate of drug-likeness (QED) is 0.0682. The SMILES string of the molecule is CCCCCCCCCCCCCSOC(=O)CC.CCCCCCCCCCCCCSOC(=O)CC. The Kier molecular flexibility index (Phi) is 38.4. The van der Waals surface area contributed by atoms with Crippen molar-refractivity contribution in [3.05, 3.63) is 0 Å². The van der Waals surface area contributed by atoms with E-state index in [1.54, 1.807) is 0 Å². The van der Waals surface area contributed by atoms with Crippen LogP contribution in [0.3, 0.4) is 0 Å². The van der Waals surface area contributed by atoms with Crippen LogP contribution in [-0.4, -0.2) is 23.4 Å². The molecule has 38 heavy (non-hydrogen) atoms. The molecular formula is C32H64O4S2. The molecule has 0 aliphatic heterocycles. The minimum Gasteiger partial charge on any atom is -0.391 e. The zero-order valence-electron chi connectivity index (χ0n) is 25.8. The predicted molar refractivity (Wildman–Crippen MR) is 171 cm³/mol. The summed E-state index contributed by atoms with van der Waals surface area (Å²) < 4.78 is 9.92. The Morgan fingerprint density at radius 3 is 0.868 bits per heavy atom. The van der Waals surface area contributed by atoms with Gasteiger partial charge in [0.2, 0.25) is 0 Å². The van der Waals surface area contributed by atoms with Crippen LogP contribution in [0.2, 0.25) is 0 Å². The summed E-state index contributed by atoms with van der Waals surface area (Å²) in [5.74, 6) is 1.69. The van der Waals surface area contributed by atoms with Gasteiger partial charge in [-0.2, -0.15) is 0 Å². The van der Waals surface area contributed by atoms with E-state index in [9.17, 15) is 9.59 Å². The van der Waals surface area contributed by atoms with E-state index >= 15 is 0 Å². The summed E-state index contributed by atoms with van der Waals surface area (Å²) in [7, 11) is 0. The van der Waals surface area contributed by atoms with Crippen LogP contribution in [0, 0.1) is 0 Å². The largest absolute Gasteiger partial charge is 0.391 e. The van der Waals surface area contributed by atoms with E-state index in [2.05, 4.69) is 13.8 Å². The topological polar surface area (TPSA) is 52.6 Å². The number of rotatable bonds is 28. The van der Waals surface area contributed by atoms with Crippen LogP contribution in [0.15, 0.2) is 0 Å². The van der Waals surface area contributed by atoms with Crippen LogP contribution < -0.4 is 0 Å². The van der Waals surface area contributed by atoms with Crippen LogP contribution in [0.25, 0.3) is 0 Å². The van der Waals surface area contributed by atoms with Gasteiger partial charge in [-0.1, -0.05) is 156 Å². The lowest BCUT2D eigenvalue weighted by Gasteiger charge is -2.03. The molecule has 0 N–H and O–H groups in total. The summed E-state index contributed by atoms with van der Waals surface area (Å²) in [6, 6.07) is 0. The number of carbonyl (C=O) groups is 2. The Balaban J connectivity index is 0. The van der Waals surface area contributed by atoms with Gasteiger partial charge < -0.3 is 8.37 Å². The molecule has 0 radical (unpaired) electrons. The van der Waals surface area contributed by atoms with Crippen molar-refractivity contribution in [1.29, 1.82) is 0 Å². The van der Waals surface area contributed by atoms with Crippen molar-refractivity contribution in [3.63, 3.8) is 0 Å². The smallest absolute Gasteiger partial charge is 0.317 e. The highest BCUT2D eigenvalue weighted by Crippen LogP contribution is 2.15. The molecule has 0 bridgehead atoms. The van der Waals surface area contributed by atoms with Gasteiger partial charge in [-0.15, -0.1) is 0 Å². The highest BCUT2D eigenvalue weighted by atomic mass is 32.2. The zero-order valence-corrected chi connectivity index (χ0v) is 27.5. The lowest BCUT2D eigenvalue weighted by molar-refractivity contribution is -0.133. The first-order valence-electron chi connectivity index (χ1n) is 16.3. The Hall–Kier alpha value is -0.360. The predicted octanol–water partition coefficient (Wildman–Crippen LogP) is 11.8. The van der Waals surface area contributed by atoms with Crippen molar-refractivity contribution < 1.29 is 18.0 Å². The fraction of sp³-hybridized carbons (Fsp3) is 0.938. The van der Waals surface area contributed by atoms with Crippen molar-refractivity contribution in [2.45, 2.75) is 182 Å². The van der Waals surface area contributed by atoms with Gasteiger partial charge >= 0.3 is 11.9 Å². The number of hydrogen-bond donors (Lipinski definition) is 0. The highest BCUT2D eigenvalue weighted by Gasteiger charge is 2.00. The normalized spacial score (nSPS) is 10.6. The minimum absolute atomic E-state index is 0.104. The van der Waals surface area contributed by atoms with Crippen molar-refractivity contribution in [2.75, 3.05) is 11.5 Å². The number of unbranched alkanes of at least 4 members (excludes halogenated alkanes) is 20. The minimum atomic E-state index is -0.104. The molecular weight excluding hydrogens is 512 g/mol. The van der Waals surface area contributed by atoms with Gasteiger partial charge in [0.15, 0.2) is 0 Å². The summed E-state index contributed by atoms with van der Waals surface area (Å²) in [5.41, 5.74) is 0. The van der Waals surface area contributed by atoms with Crippen molar-refractivity contribution in [1.82, 2.24) is 0 Å². The first-order chi connectivity index (χ1) is 18.6. The second-order valence-electron chi connectivity index (χ2n) is 10.3.